The Hall–Kier alpha value is -1.55. The highest BCUT2D eigenvalue weighted by atomic mass is 32.1. The first-order valence-electron chi connectivity index (χ1n) is 6.38. The molecule has 0 spiro atoms. The van der Waals surface area contributed by atoms with Crippen molar-refractivity contribution >= 4 is 12.2 Å². The Morgan fingerprint density at radius 3 is 2.68 bits per heavy atom. The summed E-state index contributed by atoms with van der Waals surface area (Å²) >= 11 is 5.26. The Kier molecular flexibility index (Phi) is 4.10. The Bertz CT molecular complexity index is 638. The minimum atomic E-state index is -0.216. The fourth-order valence-electron chi connectivity index (χ4n) is 2.36. The van der Waals surface area contributed by atoms with Gasteiger partial charge in [0, 0.05) is 11.1 Å². The number of benzene rings is 1. The van der Waals surface area contributed by atoms with Crippen molar-refractivity contribution in [3.63, 3.8) is 0 Å². The molecule has 0 aliphatic rings. The molecule has 1 N–H and O–H groups in total. The van der Waals surface area contributed by atoms with E-state index in [1.54, 1.807) is 6.07 Å². The third-order valence-corrected chi connectivity index (χ3v) is 3.48. The standard InChI is InChI=1S/C15H17FN2S/c1-4-5-11-14(17-8-18-15(11)19)13-10(3)6-9(2)7-12(13)16/h6-8H,4-5H2,1-3H3,(H,17,18,19). The highest BCUT2D eigenvalue weighted by molar-refractivity contribution is 7.71. The zero-order valence-electron chi connectivity index (χ0n) is 11.4. The van der Waals surface area contributed by atoms with Gasteiger partial charge in [-0.2, -0.15) is 0 Å². The van der Waals surface area contributed by atoms with Gasteiger partial charge in [0.1, 0.15) is 10.5 Å². The van der Waals surface area contributed by atoms with E-state index in [0.29, 0.717) is 10.2 Å². The molecule has 1 heterocycles. The van der Waals surface area contributed by atoms with E-state index >= 15 is 0 Å². The lowest BCUT2D eigenvalue weighted by molar-refractivity contribution is 0.628. The Morgan fingerprint density at radius 1 is 1.32 bits per heavy atom. The molecule has 0 bridgehead atoms. The maximum absolute atomic E-state index is 14.3. The van der Waals surface area contributed by atoms with Crippen LogP contribution in [0, 0.1) is 24.3 Å². The molecule has 2 nitrogen and oxygen atoms in total. The predicted molar refractivity (Wildman–Crippen MR) is 78.3 cm³/mol. The lowest BCUT2D eigenvalue weighted by Gasteiger charge is -2.13. The fourth-order valence-corrected chi connectivity index (χ4v) is 2.62. The average Bonchev–Trinajstić information content (AvgIpc) is 2.32. The van der Waals surface area contributed by atoms with Crippen LogP contribution in [0.4, 0.5) is 4.39 Å². The first-order chi connectivity index (χ1) is 9.04. The minimum Gasteiger partial charge on any atom is -0.345 e. The molecule has 100 valence electrons. The molecular formula is C15H17FN2S. The molecule has 1 aromatic carbocycles. The third kappa shape index (κ3) is 2.73. The molecule has 0 fully saturated rings. The van der Waals surface area contributed by atoms with E-state index in [1.807, 2.05) is 19.9 Å². The highest BCUT2D eigenvalue weighted by Gasteiger charge is 2.14. The lowest BCUT2D eigenvalue weighted by Crippen LogP contribution is -2.00. The van der Waals surface area contributed by atoms with Gasteiger partial charge in [-0.15, -0.1) is 0 Å². The molecule has 0 amide bonds. The summed E-state index contributed by atoms with van der Waals surface area (Å²) in [4.78, 5) is 7.16. The predicted octanol–water partition coefficient (Wildman–Crippen LogP) is 4.51. The van der Waals surface area contributed by atoms with Gasteiger partial charge in [-0.3, -0.25) is 0 Å². The van der Waals surface area contributed by atoms with Crippen LogP contribution in [-0.4, -0.2) is 9.97 Å². The summed E-state index contributed by atoms with van der Waals surface area (Å²) in [6.07, 6.45) is 3.28. The molecular weight excluding hydrogens is 259 g/mol. The summed E-state index contributed by atoms with van der Waals surface area (Å²) in [6, 6.07) is 3.53. The van der Waals surface area contributed by atoms with Crippen molar-refractivity contribution in [2.45, 2.75) is 33.6 Å². The van der Waals surface area contributed by atoms with Crippen molar-refractivity contribution in [1.82, 2.24) is 9.97 Å². The van der Waals surface area contributed by atoms with Crippen LogP contribution in [0.1, 0.15) is 30.0 Å². The number of halogens is 1. The van der Waals surface area contributed by atoms with Crippen molar-refractivity contribution in [3.8, 4) is 11.3 Å². The van der Waals surface area contributed by atoms with E-state index in [-0.39, 0.29) is 5.82 Å². The Labute approximate surface area is 117 Å². The second-order valence-corrected chi connectivity index (χ2v) is 5.14. The lowest BCUT2D eigenvalue weighted by atomic mass is 9.97. The number of aromatic nitrogens is 2. The van der Waals surface area contributed by atoms with Crippen LogP contribution in [0.25, 0.3) is 11.3 Å². The molecule has 19 heavy (non-hydrogen) atoms. The maximum Gasteiger partial charge on any atom is 0.133 e. The highest BCUT2D eigenvalue weighted by Crippen LogP contribution is 2.29. The van der Waals surface area contributed by atoms with Gasteiger partial charge in [0.25, 0.3) is 0 Å². The molecule has 4 heteroatoms. The second-order valence-electron chi connectivity index (χ2n) is 4.75. The second kappa shape index (κ2) is 5.61. The van der Waals surface area contributed by atoms with Crippen LogP contribution in [0.2, 0.25) is 0 Å². The van der Waals surface area contributed by atoms with Gasteiger partial charge in [-0.25, -0.2) is 9.37 Å². The molecule has 0 radical (unpaired) electrons. The quantitative estimate of drug-likeness (QED) is 0.835. The topological polar surface area (TPSA) is 28.7 Å². The van der Waals surface area contributed by atoms with Crippen LogP contribution in [-0.2, 0) is 6.42 Å². The normalized spacial score (nSPS) is 10.7. The van der Waals surface area contributed by atoms with Crippen LogP contribution in [0.15, 0.2) is 18.5 Å². The zero-order valence-corrected chi connectivity index (χ0v) is 12.2. The van der Waals surface area contributed by atoms with Gasteiger partial charge in [0.15, 0.2) is 0 Å². The van der Waals surface area contributed by atoms with Gasteiger partial charge >= 0.3 is 0 Å². The van der Waals surface area contributed by atoms with E-state index in [9.17, 15) is 4.39 Å². The van der Waals surface area contributed by atoms with E-state index in [4.69, 9.17) is 12.2 Å². The van der Waals surface area contributed by atoms with Gasteiger partial charge in [0.2, 0.25) is 0 Å². The summed E-state index contributed by atoms with van der Waals surface area (Å²) in [7, 11) is 0. The van der Waals surface area contributed by atoms with Gasteiger partial charge in [0.05, 0.1) is 12.0 Å². The molecule has 0 aliphatic heterocycles. The smallest absolute Gasteiger partial charge is 0.133 e. The number of nitrogens with zero attached hydrogens (tertiary/aromatic N) is 1. The van der Waals surface area contributed by atoms with E-state index in [2.05, 4.69) is 16.9 Å². The first-order valence-corrected chi connectivity index (χ1v) is 6.79. The van der Waals surface area contributed by atoms with Crippen LogP contribution in [0.3, 0.4) is 0 Å². The number of H-pyrrole nitrogens is 1. The SMILES string of the molecule is CCCc1c(-c2c(C)cc(C)cc2F)[nH]cnc1=S. The third-order valence-electron chi connectivity index (χ3n) is 3.13. The number of hydrogen-bond acceptors (Lipinski definition) is 2. The molecule has 1 aromatic heterocycles. The van der Waals surface area contributed by atoms with Crippen molar-refractivity contribution in [2.24, 2.45) is 0 Å². The number of aryl methyl sites for hydroxylation is 2. The molecule has 2 rings (SSSR count). The largest absolute Gasteiger partial charge is 0.345 e. The fraction of sp³-hybridized carbons (Fsp3) is 0.333. The van der Waals surface area contributed by atoms with Crippen molar-refractivity contribution in [1.29, 1.82) is 0 Å². The van der Waals surface area contributed by atoms with Crippen molar-refractivity contribution in [3.05, 3.63) is 45.6 Å². The number of rotatable bonds is 3. The Balaban J connectivity index is 2.72. The molecule has 0 atom stereocenters. The van der Waals surface area contributed by atoms with E-state index < -0.39 is 0 Å². The minimum absolute atomic E-state index is 0.216. The van der Waals surface area contributed by atoms with E-state index in [1.165, 1.54) is 6.33 Å². The molecule has 0 unspecified atom stereocenters. The molecule has 0 aliphatic carbocycles. The monoisotopic (exact) mass is 276 g/mol. The summed E-state index contributed by atoms with van der Waals surface area (Å²) in [5.41, 5.74) is 4.11. The summed E-state index contributed by atoms with van der Waals surface area (Å²) in [6.45, 7) is 5.88. The first kappa shape index (κ1) is 13.9. The van der Waals surface area contributed by atoms with Gasteiger partial charge in [-0.1, -0.05) is 31.6 Å². The molecule has 2 aromatic rings. The average molecular weight is 276 g/mol. The van der Waals surface area contributed by atoms with E-state index in [0.717, 1.165) is 35.2 Å². The van der Waals surface area contributed by atoms with Gasteiger partial charge in [-0.05, 0) is 37.5 Å². The van der Waals surface area contributed by atoms with Crippen LogP contribution in [0.5, 0.6) is 0 Å². The van der Waals surface area contributed by atoms with Crippen LogP contribution >= 0.6 is 12.2 Å². The summed E-state index contributed by atoms with van der Waals surface area (Å²) < 4.78 is 14.8. The maximum atomic E-state index is 14.3. The number of nitrogens with one attached hydrogen (secondary N) is 1. The zero-order chi connectivity index (χ0) is 14.0. The number of hydrogen-bond donors (Lipinski definition) is 1. The van der Waals surface area contributed by atoms with Crippen LogP contribution < -0.4 is 0 Å². The molecule has 0 saturated heterocycles. The summed E-state index contributed by atoms with van der Waals surface area (Å²) in [5, 5.41) is 0. The summed E-state index contributed by atoms with van der Waals surface area (Å²) in [5.74, 6) is -0.216. The molecule has 0 saturated carbocycles. The van der Waals surface area contributed by atoms with Crippen molar-refractivity contribution in [2.75, 3.05) is 0 Å². The van der Waals surface area contributed by atoms with Gasteiger partial charge < -0.3 is 4.98 Å². The Morgan fingerprint density at radius 2 is 2.05 bits per heavy atom. The van der Waals surface area contributed by atoms with Crippen molar-refractivity contribution < 1.29 is 4.39 Å². The number of aromatic amines is 1.